The number of halogens is 1. The molecule has 0 saturated carbocycles. The van der Waals surface area contributed by atoms with Crippen LogP contribution in [0.15, 0.2) is 30.3 Å². The molecule has 0 fully saturated rings. The van der Waals surface area contributed by atoms with Crippen LogP contribution in [0, 0.1) is 0 Å². The predicted octanol–water partition coefficient (Wildman–Crippen LogP) is 1.42. The van der Waals surface area contributed by atoms with Crippen LogP contribution in [-0.2, 0) is 4.65 Å². The topological polar surface area (TPSA) is 9.23 Å². The Bertz CT molecular complexity index is 190. The average molecular weight is 199 g/mol. The molecule has 0 aliphatic heterocycles. The van der Waals surface area contributed by atoms with Crippen LogP contribution in [0.1, 0.15) is 0 Å². The van der Waals surface area contributed by atoms with E-state index in [4.69, 9.17) is 4.65 Å². The molecule has 52 valence electrons. The molecule has 0 bridgehead atoms. The predicted molar refractivity (Wildman–Crippen MR) is 47.8 cm³/mol. The van der Waals surface area contributed by atoms with E-state index in [1.807, 2.05) is 30.3 Å². The van der Waals surface area contributed by atoms with Crippen LogP contribution in [0.3, 0.4) is 0 Å². The summed E-state index contributed by atoms with van der Waals surface area (Å²) in [4.78, 5) is 0. The van der Waals surface area contributed by atoms with Crippen molar-refractivity contribution in [3.8, 4) is 0 Å². The minimum Gasteiger partial charge on any atom is -0.424 e. The van der Waals surface area contributed by atoms with E-state index in [9.17, 15) is 0 Å². The highest BCUT2D eigenvalue weighted by Gasteiger charge is 2.09. The van der Waals surface area contributed by atoms with Gasteiger partial charge in [0.25, 0.3) is 0 Å². The second-order valence-electron chi connectivity index (χ2n) is 1.96. The van der Waals surface area contributed by atoms with Crippen molar-refractivity contribution in [1.82, 2.24) is 0 Å². The molecule has 1 nitrogen and oxygen atoms in total. The first-order valence-corrected chi connectivity index (χ1v) is 3.98. The highest BCUT2D eigenvalue weighted by Crippen LogP contribution is 1.95. The molecule has 0 N–H and O–H groups in total. The van der Waals surface area contributed by atoms with Gasteiger partial charge in [-0.3, -0.25) is 0 Å². The zero-order valence-electron chi connectivity index (χ0n) is 5.75. The van der Waals surface area contributed by atoms with Crippen LogP contribution >= 0.6 is 15.8 Å². The van der Waals surface area contributed by atoms with Gasteiger partial charge in [0, 0.05) is 7.11 Å². The van der Waals surface area contributed by atoms with Crippen molar-refractivity contribution in [2.75, 3.05) is 7.11 Å². The Labute approximate surface area is 69.5 Å². The maximum absolute atomic E-state index is 5.05. The number of rotatable bonds is 2. The summed E-state index contributed by atoms with van der Waals surface area (Å²) in [5, 5.41) is 0. The lowest BCUT2D eigenvalue weighted by Gasteiger charge is -2.01. The Hall–Kier alpha value is -0.275. The Morgan fingerprint density at radius 2 is 1.90 bits per heavy atom. The molecule has 1 rings (SSSR count). The molecule has 0 saturated heterocycles. The number of benzene rings is 1. The summed E-state index contributed by atoms with van der Waals surface area (Å²) in [5.41, 5.74) is 1.17. The van der Waals surface area contributed by atoms with Gasteiger partial charge in [-0.1, -0.05) is 30.3 Å². The molecule has 0 aromatic heterocycles. The molecule has 10 heavy (non-hydrogen) atoms. The lowest BCUT2D eigenvalue weighted by molar-refractivity contribution is 0.446. The molecule has 3 heteroatoms. The van der Waals surface area contributed by atoms with Gasteiger partial charge >= 0.3 is 5.74 Å². The maximum Gasteiger partial charge on any atom is 0.405 e. The number of hydrogen-bond donors (Lipinski definition) is 0. The smallest absolute Gasteiger partial charge is 0.405 e. The van der Waals surface area contributed by atoms with Crippen molar-refractivity contribution in [3.05, 3.63) is 30.3 Å². The van der Waals surface area contributed by atoms with Gasteiger partial charge < -0.3 is 4.65 Å². The van der Waals surface area contributed by atoms with Crippen molar-refractivity contribution < 1.29 is 4.65 Å². The summed E-state index contributed by atoms with van der Waals surface area (Å²) in [5.74, 6) is 0. The van der Waals surface area contributed by atoms with Crippen LogP contribution in [0.4, 0.5) is 0 Å². The summed E-state index contributed by atoms with van der Waals surface area (Å²) < 4.78 is 5.05. The van der Waals surface area contributed by atoms with E-state index in [0.29, 0.717) is 0 Å². The summed E-state index contributed by atoms with van der Waals surface area (Å²) in [6, 6.07) is 10.00. The minimum atomic E-state index is 0.0219. The van der Waals surface area contributed by atoms with E-state index in [0.717, 1.165) is 5.46 Å². The van der Waals surface area contributed by atoms with Crippen molar-refractivity contribution >= 4 is 27.0 Å². The fraction of sp³-hybridized carbons (Fsp3) is 0.143. The van der Waals surface area contributed by atoms with E-state index in [2.05, 4.69) is 15.8 Å². The van der Waals surface area contributed by atoms with Gasteiger partial charge in [0.1, 0.15) is 0 Å². The van der Waals surface area contributed by atoms with Gasteiger partial charge in [-0.15, -0.1) is 15.8 Å². The quantitative estimate of drug-likeness (QED) is 0.654. The van der Waals surface area contributed by atoms with Crippen LogP contribution in [0.25, 0.3) is 0 Å². The molecule has 1 aromatic carbocycles. The van der Waals surface area contributed by atoms with Crippen LogP contribution in [-0.4, -0.2) is 12.8 Å². The normalized spacial score (nSPS) is 9.40. The summed E-state index contributed by atoms with van der Waals surface area (Å²) in [7, 11) is 1.67. The molecule has 0 unspecified atom stereocenters. The third-order valence-electron chi connectivity index (χ3n) is 1.27. The van der Waals surface area contributed by atoms with E-state index in [1.165, 1.54) is 0 Å². The lowest BCUT2D eigenvalue weighted by Crippen LogP contribution is -2.25. The summed E-state index contributed by atoms with van der Waals surface area (Å²) in [6.07, 6.45) is 0. The molecule has 0 aliphatic carbocycles. The van der Waals surface area contributed by atoms with Gasteiger partial charge in [0.05, 0.1) is 0 Å². The lowest BCUT2D eigenvalue weighted by atomic mass is 9.88. The Morgan fingerprint density at radius 3 is 2.40 bits per heavy atom. The molecule has 0 spiro atoms. The SMILES string of the molecule is COB(Br)c1ccccc1. The van der Waals surface area contributed by atoms with E-state index in [1.54, 1.807) is 7.11 Å². The van der Waals surface area contributed by atoms with Crippen molar-refractivity contribution in [2.45, 2.75) is 0 Å². The minimum absolute atomic E-state index is 0.0219. The molecule has 0 heterocycles. The fourth-order valence-electron chi connectivity index (χ4n) is 0.740. The Kier molecular flexibility index (Phi) is 2.96. The monoisotopic (exact) mass is 198 g/mol. The van der Waals surface area contributed by atoms with Crippen molar-refractivity contribution in [3.63, 3.8) is 0 Å². The first-order valence-electron chi connectivity index (χ1n) is 3.06. The van der Waals surface area contributed by atoms with Gasteiger partial charge in [0.15, 0.2) is 0 Å². The van der Waals surface area contributed by atoms with Gasteiger partial charge in [-0.25, -0.2) is 0 Å². The molecule has 0 aliphatic rings. The first kappa shape index (κ1) is 7.83. The second kappa shape index (κ2) is 3.79. The molecule has 1 aromatic rings. The van der Waals surface area contributed by atoms with E-state index in [-0.39, 0.29) is 5.74 Å². The van der Waals surface area contributed by atoms with Crippen LogP contribution in [0.5, 0.6) is 0 Å². The summed E-state index contributed by atoms with van der Waals surface area (Å²) in [6.45, 7) is 0. The zero-order chi connectivity index (χ0) is 7.40. The number of hydrogen-bond acceptors (Lipinski definition) is 1. The zero-order valence-corrected chi connectivity index (χ0v) is 7.34. The van der Waals surface area contributed by atoms with Crippen LogP contribution in [0.2, 0.25) is 0 Å². The fourth-order valence-corrected chi connectivity index (χ4v) is 1.05. The standard InChI is InChI=1S/C7H8BBrO/c1-10-8(9)7-5-3-2-4-6-7/h2-6H,1H3. The average Bonchev–Trinajstić information content (AvgIpc) is 2.05. The second-order valence-corrected chi connectivity index (χ2v) is 2.79. The third-order valence-corrected chi connectivity index (χ3v) is 2.17. The largest absolute Gasteiger partial charge is 0.424 e. The first-order chi connectivity index (χ1) is 4.84. The summed E-state index contributed by atoms with van der Waals surface area (Å²) >= 11 is 3.36. The van der Waals surface area contributed by atoms with Crippen LogP contribution < -0.4 is 5.46 Å². The highest BCUT2D eigenvalue weighted by atomic mass is 79.9. The Balaban J connectivity index is 2.75. The maximum atomic E-state index is 5.05. The van der Waals surface area contributed by atoms with Gasteiger partial charge in [-0.2, -0.15) is 0 Å². The van der Waals surface area contributed by atoms with Gasteiger partial charge in [-0.05, 0) is 5.46 Å². The van der Waals surface area contributed by atoms with Gasteiger partial charge in [0.2, 0.25) is 0 Å². The Morgan fingerprint density at radius 1 is 1.30 bits per heavy atom. The molecule has 0 amide bonds. The molecule has 0 radical (unpaired) electrons. The molecular formula is C7H8BBrO. The van der Waals surface area contributed by atoms with E-state index < -0.39 is 0 Å². The van der Waals surface area contributed by atoms with Crippen molar-refractivity contribution in [1.29, 1.82) is 0 Å². The van der Waals surface area contributed by atoms with Crippen molar-refractivity contribution in [2.24, 2.45) is 0 Å². The highest BCUT2D eigenvalue weighted by molar-refractivity contribution is 9.24. The third kappa shape index (κ3) is 1.85. The van der Waals surface area contributed by atoms with E-state index >= 15 is 0 Å². The molecular weight excluding hydrogens is 191 g/mol. The molecule has 0 atom stereocenters.